The molecule has 0 spiro atoms. The number of aromatic carboxylic acids is 2. The zero-order valence-electron chi connectivity index (χ0n) is 22.5. The summed E-state index contributed by atoms with van der Waals surface area (Å²) >= 11 is 0. The predicted molar refractivity (Wildman–Crippen MR) is 144 cm³/mol. The quantitative estimate of drug-likeness (QED) is 0.398. The zero-order chi connectivity index (χ0) is 26.4. The van der Waals surface area contributed by atoms with E-state index >= 15 is 0 Å². The number of aryl methyl sites for hydroxylation is 2. The van der Waals surface area contributed by atoms with E-state index in [4.69, 9.17) is 0 Å². The minimum Gasteiger partial charge on any atom is -0.477 e. The van der Waals surface area contributed by atoms with Crippen LogP contribution in [-0.2, 0) is 38.8 Å². The van der Waals surface area contributed by atoms with E-state index in [0.29, 0.717) is 24.5 Å². The average molecular weight is 503 g/mol. The molecule has 5 rings (SSSR count). The van der Waals surface area contributed by atoms with Gasteiger partial charge in [0.2, 0.25) is 0 Å². The molecular formula is C31H38N2O4. The second kappa shape index (κ2) is 9.88. The molecule has 2 N–H and O–H groups in total. The summed E-state index contributed by atoms with van der Waals surface area (Å²) in [5.41, 5.74) is 10.7. The molecule has 0 amide bonds. The Labute approximate surface area is 218 Å². The third-order valence-electron chi connectivity index (χ3n) is 8.66. The van der Waals surface area contributed by atoms with Gasteiger partial charge in [0.05, 0.1) is 5.92 Å². The molecule has 0 unspecified atom stereocenters. The Bertz CT molecular complexity index is 1290. The number of carboxylic acids is 2. The normalized spacial score (nSPS) is 15.1. The van der Waals surface area contributed by atoms with Gasteiger partial charge in [-0.05, 0) is 118 Å². The maximum atomic E-state index is 12.6. The minimum absolute atomic E-state index is 0.221. The molecule has 0 saturated heterocycles. The molecule has 0 aliphatic heterocycles. The van der Waals surface area contributed by atoms with Crippen molar-refractivity contribution in [1.82, 2.24) is 9.13 Å². The highest BCUT2D eigenvalue weighted by Gasteiger charge is 2.39. The Morgan fingerprint density at radius 1 is 0.730 bits per heavy atom. The summed E-state index contributed by atoms with van der Waals surface area (Å²) in [5.74, 6) is -1.96. The van der Waals surface area contributed by atoms with Gasteiger partial charge in [-0.3, -0.25) is 0 Å². The molecule has 0 atom stereocenters. The highest BCUT2D eigenvalue weighted by Crippen LogP contribution is 2.46. The Balaban J connectivity index is 1.96. The van der Waals surface area contributed by atoms with E-state index in [9.17, 15) is 19.8 Å². The minimum atomic E-state index is -0.870. The standard InChI is InChI=1S/C31H38N2O4/c1-5-32-26(20-14-7-9-16-22(20)28(32)30(34)35)25(24-18(3)12-11-13-19(24)4)27-21-15-8-10-17-23(21)29(31(36)37)33(27)6-2/h11-13,25H,5-10,14-17H2,1-4H3,(H,34,35)(H,36,37). The number of fused-ring (bicyclic) bond motifs is 2. The molecule has 1 aromatic carbocycles. The van der Waals surface area contributed by atoms with Crippen molar-refractivity contribution in [3.63, 3.8) is 0 Å². The SMILES string of the molecule is CCn1c(C(=O)O)c2c(c1C(c1c(C)cccc1C)c1c3c(c(C(=O)O)n1CC)CCCC3)CCCC2. The molecule has 2 heterocycles. The molecule has 6 heteroatoms. The number of carbonyl (C=O) groups is 2. The molecule has 2 aliphatic rings. The summed E-state index contributed by atoms with van der Waals surface area (Å²) in [4.78, 5) is 25.3. The van der Waals surface area contributed by atoms with Crippen LogP contribution in [0.25, 0.3) is 0 Å². The van der Waals surface area contributed by atoms with E-state index < -0.39 is 11.9 Å². The molecule has 6 nitrogen and oxygen atoms in total. The fourth-order valence-corrected chi connectivity index (χ4v) is 7.28. The van der Waals surface area contributed by atoms with Gasteiger partial charge in [0.15, 0.2) is 0 Å². The van der Waals surface area contributed by atoms with Crippen molar-refractivity contribution in [1.29, 1.82) is 0 Å². The van der Waals surface area contributed by atoms with Crippen LogP contribution < -0.4 is 0 Å². The van der Waals surface area contributed by atoms with E-state index in [2.05, 4.69) is 32.0 Å². The highest BCUT2D eigenvalue weighted by atomic mass is 16.4. The Morgan fingerprint density at radius 2 is 1.11 bits per heavy atom. The van der Waals surface area contributed by atoms with Gasteiger partial charge in [-0.1, -0.05) is 18.2 Å². The molecule has 37 heavy (non-hydrogen) atoms. The van der Waals surface area contributed by atoms with Crippen LogP contribution in [0.3, 0.4) is 0 Å². The van der Waals surface area contributed by atoms with Crippen LogP contribution in [-0.4, -0.2) is 31.3 Å². The first kappa shape index (κ1) is 25.4. The third-order valence-corrected chi connectivity index (χ3v) is 8.66. The van der Waals surface area contributed by atoms with Gasteiger partial charge < -0.3 is 19.3 Å². The van der Waals surface area contributed by atoms with E-state index in [1.165, 1.54) is 16.7 Å². The Kier molecular flexibility index (Phi) is 6.78. The third kappa shape index (κ3) is 3.92. The number of hydrogen-bond donors (Lipinski definition) is 2. The van der Waals surface area contributed by atoms with E-state index in [-0.39, 0.29) is 5.92 Å². The van der Waals surface area contributed by atoms with Gasteiger partial charge in [0, 0.05) is 24.5 Å². The Hall–Kier alpha value is -3.28. The van der Waals surface area contributed by atoms with Crippen molar-refractivity contribution >= 4 is 11.9 Å². The lowest BCUT2D eigenvalue weighted by Crippen LogP contribution is -2.21. The van der Waals surface area contributed by atoms with Crippen LogP contribution >= 0.6 is 0 Å². The summed E-state index contributed by atoms with van der Waals surface area (Å²) < 4.78 is 4.08. The molecular weight excluding hydrogens is 464 g/mol. The van der Waals surface area contributed by atoms with Gasteiger partial charge in [-0.25, -0.2) is 9.59 Å². The largest absolute Gasteiger partial charge is 0.477 e. The Morgan fingerprint density at radius 3 is 1.46 bits per heavy atom. The van der Waals surface area contributed by atoms with Crippen molar-refractivity contribution in [2.75, 3.05) is 0 Å². The van der Waals surface area contributed by atoms with Crippen LogP contribution in [0, 0.1) is 13.8 Å². The number of hydrogen-bond acceptors (Lipinski definition) is 2. The number of aromatic nitrogens is 2. The molecule has 0 bridgehead atoms. The van der Waals surface area contributed by atoms with Gasteiger partial charge in [-0.2, -0.15) is 0 Å². The first-order valence-electron chi connectivity index (χ1n) is 13.8. The second-order valence-corrected chi connectivity index (χ2v) is 10.6. The van der Waals surface area contributed by atoms with Gasteiger partial charge in [0.25, 0.3) is 0 Å². The van der Waals surface area contributed by atoms with Gasteiger partial charge >= 0.3 is 11.9 Å². The van der Waals surface area contributed by atoms with Crippen LogP contribution in [0.4, 0.5) is 0 Å². The van der Waals surface area contributed by atoms with Crippen LogP contribution in [0.2, 0.25) is 0 Å². The number of rotatable bonds is 7. The number of benzene rings is 1. The first-order valence-corrected chi connectivity index (χ1v) is 13.8. The predicted octanol–water partition coefficient (Wildman–Crippen LogP) is 6.28. The molecule has 2 aromatic heterocycles. The van der Waals surface area contributed by atoms with Gasteiger partial charge in [0.1, 0.15) is 11.4 Å². The molecule has 2 aliphatic carbocycles. The van der Waals surface area contributed by atoms with E-state index in [1.54, 1.807) is 0 Å². The van der Waals surface area contributed by atoms with Crippen LogP contribution in [0.5, 0.6) is 0 Å². The van der Waals surface area contributed by atoms with Crippen molar-refractivity contribution in [2.24, 2.45) is 0 Å². The summed E-state index contributed by atoms with van der Waals surface area (Å²) in [6.07, 6.45) is 7.36. The van der Waals surface area contributed by atoms with Crippen molar-refractivity contribution in [3.8, 4) is 0 Å². The first-order chi connectivity index (χ1) is 17.8. The fraction of sp³-hybridized carbons (Fsp3) is 0.484. The topological polar surface area (TPSA) is 84.5 Å². The lowest BCUT2D eigenvalue weighted by Gasteiger charge is -2.29. The summed E-state index contributed by atoms with van der Waals surface area (Å²) in [5, 5.41) is 20.7. The van der Waals surface area contributed by atoms with Crippen LogP contribution in [0.15, 0.2) is 18.2 Å². The maximum Gasteiger partial charge on any atom is 0.352 e. The number of nitrogens with zero attached hydrogens (tertiary/aromatic N) is 2. The van der Waals surface area contributed by atoms with Crippen molar-refractivity contribution in [2.45, 2.75) is 98.1 Å². The van der Waals surface area contributed by atoms with Crippen molar-refractivity contribution < 1.29 is 19.8 Å². The smallest absolute Gasteiger partial charge is 0.352 e. The van der Waals surface area contributed by atoms with Crippen LogP contribution in [0.1, 0.15) is 117 Å². The highest BCUT2D eigenvalue weighted by molar-refractivity contribution is 5.90. The second-order valence-electron chi connectivity index (χ2n) is 10.6. The van der Waals surface area contributed by atoms with E-state index in [0.717, 1.165) is 85.0 Å². The molecule has 0 fully saturated rings. The summed E-state index contributed by atoms with van der Waals surface area (Å²) in [6.45, 7) is 9.44. The molecule has 3 aromatic rings. The van der Waals surface area contributed by atoms with E-state index in [1.807, 2.05) is 23.0 Å². The summed E-state index contributed by atoms with van der Waals surface area (Å²) in [6, 6.07) is 6.32. The maximum absolute atomic E-state index is 12.6. The lowest BCUT2D eigenvalue weighted by molar-refractivity contribution is 0.0673. The average Bonchev–Trinajstić information content (AvgIpc) is 3.39. The van der Waals surface area contributed by atoms with Crippen molar-refractivity contribution in [3.05, 3.63) is 79.9 Å². The fourth-order valence-electron chi connectivity index (χ4n) is 7.28. The number of carboxylic acid groups (broad SMARTS) is 2. The summed E-state index contributed by atoms with van der Waals surface area (Å²) in [7, 11) is 0. The molecule has 0 radical (unpaired) electrons. The zero-order valence-corrected chi connectivity index (χ0v) is 22.5. The monoisotopic (exact) mass is 502 g/mol. The lowest BCUT2D eigenvalue weighted by atomic mass is 9.79. The van der Waals surface area contributed by atoms with Gasteiger partial charge in [-0.15, -0.1) is 0 Å². The molecule has 196 valence electrons. The molecule has 0 saturated carbocycles.